The Kier molecular flexibility index (Phi) is 9.00. The molecule has 1 spiro atoms. The van der Waals surface area contributed by atoms with E-state index in [4.69, 9.17) is 18.9 Å². The number of likely N-dealkylation sites (tertiary alicyclic amines) is 1. The van der Waals surface area contributed by atoms with Gasteiger partial charge in [-0.25, -0.2) is 9.78 Å². The van der Waals surface area contributed by atoms with Gasteiger partial charge in [-0.05, 0) is 94.7 Å². The molecule has 0 radical (unpaired) electrons. The molecule has 0 saturated carbocycles. The second kappa shape index (κ2) is 12.5. The molecule has 0 bridgehead atoms. The van der Waals surface area contributed by atoms with E-state index in [1.165, 1.54) is 0 Å². The number of amides is 1. The first-order chi connectivity index (χ1) is 21.2. The molecular weight excluding hydrogens is 568 g/mol. The van der Waals surface area contributed by atoms with E-state index in [1.54, 1.807) is 12.0 Å². The number of aryl methyl sites for hydroxylation is 2. The molecule has 8 heteroatoms. The van der Waals surface area contributed by atoms with Crippen LogP contribution in [-0.4, -0.2) is 53.3 Å². The van der Waals surface area contributed by atoms with Gasteiger partial charge in [0.15, 0.2) is 0 Å². The molecule has 1 fully saturated rings. The molecule has 2 aromatic carbocycles. The minimum Gasteiger partial charge on any atom is -0.481 e. The molecule has 2 aliphatic rings. The van der Waals surface area contributed by atoms with Gasteiger partial charge >= 0.3 is 12.1 Å². The van der Waals surface area contributed by atoms with Gasteiger partial charge in [0.05, 0.1) is 13.7 Å². The third-order valence-corrected chi connectivity index (χ3v) is 8.47. The largest absolute Gasteiger partial charge is 0.481 e. The van der Waals surface area contributed by atoms with Crippen LogP contribution in [0.3, 0.4) is 0 Å². The number of piperidine rings is 1. The van der Waals surface area contributed by atoms with E-state index in [-0.39, 0.29) is 18.0 Å². The molecule has 3 heterocycles. The van der Waals surface area contributed by atoms with E-state index < -0.39 is 16.8 Å². The fraction of sp³-hybridized carbons (Fsp3) is 0.486. The number of carbonyl (C=O) groups excluding carboxylic acids is 2. The zero-order valence-corrected chi connectivity index (χ0v) is 27.9. The second-order valence-corrected chi connectivity index (χ2v) is 14.1. The summed E-state index contributed by atoms with van der Waals surface area (Å²) in [7, 11) is 1.62. The average molecular weight is 615 g/mol. The van der Waals surface area contributed by atoms with Crippen molar-refractivity contribution in [3.05, 3.63) is 82.5 Å². The lowest BCUT2D eigenvalue weighted by Gasteiger charge is -2.46. The maximum atomic E-state index is 13.3. The van der Waals surface area contributed by atoms with Crippen LogP contribution in [0, 0.1) is 6.92 Å². The van der Waals surface area contributed by atoms with Crippen molar-refractivity contribution in [1.29, 1.82) is 0 Å². The maximum absolute atomic E-state index is 13.3. The number of aromatic nitrogens is 1. The lowest BCUT2D eigenvalue weighted by molar-refractivity contribution is -0.154. The molecule has 1 amide bonds. The average Bonchev–Trinajstić information content (AvgIpc) is 3.32. The number of methoxy groups -OCH3 is 1. The monoisotopic (exact) mass is 614 g/mol. The Morgan fingerprint density at radius 1 is 1.02 bits per heavy atom. The molecule has 1 saturated heterocycles. The van der Waals surface area contributed by atoms with E-state index in [2.05, 4.69) is 42.2 Å². The number of fused-ring (bicyclic) bond motifs is 2. The highest BCUT2D eigenvalue weighted by molar-refractivity contribution is 5.73. The predicted molar refractivity (Wildman–Crippen MR) is 173 cm³/mol. The summed E-state index contributed by atoms with van der Waals surface area (Å²) in [6.45, 7) is 14.8. The van der Waals surface area contributed by atoms with Crippen LogP contribution in [0.4, 0.5) is 4.79 Å². The van der Waals surface area contributed by atoms with E-state index in [0.29, 0.717) is 44.8 Å². The zero-order valence-electron chi connectivity index (χ0n) is 27.9. The summed E-state index contributed by atoms with van der Waals surface area (Å²) in [6.07, 6.45) is 3.03. The first-order valence-corrected chi connectivity index (χ1v) is 15.7. The first kappa shape index (κ1) is 32.5. The Bertz CT molecular complexity index is 1570. The first-order valence-electron chi connectivity index (χ1n) is 15.7. The molecular formula is C37H46N2O6. The number of rotatable bonds is 6. The van der Waals surface area contributed by atoms with Gasteiger partial charge in [-0.1, -0.05) is 42.5 Å². The number of nitrogens with zero attached hydrogens (tertiary/aromatic N) is 2. The van der Waals surface area contributed by atoms with Crippen molar-refractivity contribution in [2.75, 3.05) is 20.2 Å². The minimum absolute atomic E-state index is 0.149. The number of benzene rings is 2. The Morgan fingerprint density at radius 3 is 2.44 bits per heavy atom. The van der Waals surface area contributed by atoms with Crippen molar-refractivity contribution in [2.24, 2.45) is 0 Å². The molecule has 1 aromatic heterocycles. The van der Waals surface area contributed by atoms with Crippen molar-refractivity contribution in [3.8, 4) is 17.0 Å². The van der Waals surface area contributed by atoms with Crippen LogP contribution < -0.4 is 4.74 Å². The number of carbonyl (C=O) groups is 2. The van der Waals surface area contributed by atoms with Crippen LogP contribution in [0.1, 0.15) is 88.1 Å². The normalized spacial score (nSPS) is 19.7. The third-order valence-electron chi connectivity index (χ3n) is 8.47. The quantitative estimate of drug-likeness (QED) is 0.266. The van der Waals surface area contributed by atoms with Crippen molar-refractivity contribution < 1.29 is 28.5 Å². The van der Waals surface area contributed by atoms with E-state index >= 15 is 0 Å². The van der Waals surface area contributed by atoms with Crippen molar-refractivity contribution >= 4 is 12.1 Å². The number of ether oxygens (including phenoxy) is 4. The summed E-state index contributed by atoms with van der Waals surface area (Å²) < 4.78 is 23.5. The highest BCUT2D eigenvalue weighted by Crippen LogP contribution is 2.52. The molecule has 45 heavy (non-hydrogen) atoms. The number of pyridine rings is 1. The maximum Gasteiger partial charge on any atom is 0.410 e. The molecule has 0 N–H and O–H groups in total. The fourth-order valence-corrected chi connectivity index (χ4v) is 6.52. The zero-order chi connectivity index (χ0) is 32.6. The van der Waals surface area contributed by atoms with E-state index in [9.17, 15) is 9.59 Å². The van der Waals surface area contributed by atoms with Crippen molar-refractivity contribution in [3.63, 3.8) is 0 Å². The predicted octanol–water partition coefficient (Wildman–Crippen LogP) is 7.49. The summed E-state index contributed by atoms with van der Waals surface area (Å²) in [5.41, 5.74) is 5.83. The molecule has 240 valence electrons. The Balaban J connectivity index is 1.49. The summed E-state index contributed by atoms with van der Waals surface area (Å²) >= 11 is 0. The molecule has 2 aliphatic heterocycles. The summed E-state index contributed by atoms with van der Waals surface area (Å²) in [4.78, 5) is 32.0. The van der Waals surface area contributed by atoms with Gasteiger partial charge in [0, 0.05) is 43.3 Å². The van der Waals surface area contributed by atoms with Crippen molar-refractivity contribution in [2.45, 2.75) is 97.1 Å². The summed E-state index contributed by atoms with van der Waals surface area (Å²) in [6, 6.07) is 16.7. The van der Waals surface area contributed by atoms with Crippen molar-refractivity contribution in [1.82, 2.24) is 9.88 Å². The topological polar surface area (TPSA) is 87.2 Å². The fourth-order valence-electron chi connectivity index (χ4n) is 6.52. The van der Waals surface area contributed by atoms with Gasteiger partial charge in [-0.15, -0.1) is 0 Å². The molecule has 0 aliphatic carbocycles. The van der Waals surface area contributed by atoms with Gasteiger partial charge in [0.2, 0.25) is 5.88 Å². The SMILES string of the molecule is COc1cc2c(cn1)CO[C@@]21CCN(C(=O)OC(C)(C)C)C[C@@H]1c1ccc(-c2ccccc2CCC(=O)OC(C)(C)C)cc1C. The van der Waals surface area contributed by atoms with Crippen LogP contribution in [0.15, 0.2) is 54.7 Å². The van der Waals surface area contributed by atoms with Gasteiger partial charge in [-0.3, -0.25) is 4.79 Å². The standard InChI is InChI=1S/C37H46N2O6/c1-24-19-26(29-12-10-9-11-25(29)14-16-33(40)44-35(2,3)4)13-15-28(24)31-22-39(34(41)45-36(5,6)7)18-17-37(31)30-20-32(42-8)38-21-27(30)23-43-37/h9-13,15,19-21,31H,14,16-18,22-23H2,1-8H3/t31-,37+/m1/s1. The Hall–Kier alpha value is -3.91. The minimum atomic E-state index is -0.637. The van der Waals surface area contributed by atoms with Gasteiger partial charge in [0.1, 0.15) is 16.8 Å². The summed E-state index contributed by atoms with van der Waals surface area (Å²) in [5.74, 6) is 0.190. The van der Waals surface area contributed by atoms with Crippen LogP contribution in [0.2, 0.25) is 0 Å². The van der Waals surface area contributed by atoms with Gasteiger partial charge in [-0.2, -0.15) is 0 Å². The Morgan fingerprint density at radius 2 is 1.76 bits per heavy atom. The van der Waals surface area contributed by atoms with Crippen LogP contribution in [-0.2, 0) is 37.6 Å². The lowest BCUT2D eigenvalue weighted by atomic mass is 9.71. The highest BCUT2D eigenvalue weighted by Gasteiger charge is 2.52. The second-order valence-electron chi connectivity index (χ2n) is 14.1. The number of hydrogen-bond acceptors (Lipinski definition) is 7. The molecule has 8 nitrogen and oxygen atoms in total. The highest BCUT2D eigenvalue weighted by atomic mass is 16.6. The number of esters is 1. The summed E-state index contributed by atoms with van der Waals surface area (Å²) in [5, 5.41) is 0. The van der Waals surface area contributed by atoms with E-state index in [0.717, 1.165) is 38.9 Å². The number of hydrogen-bond donors (Lipinski definition) is 0. The third kappa shape index (κ3) is 7.17. The molecule has 0 unspecified atom stereocenters. The molecule has 2 atom stereocenters. The molecule has 3 aromatic rings. The van der Waals surface area contributed by atoms with E-state index in [1.807, 2.05) is 65.9 Å². The van der Waals surface area contributed by atoms with Crippen LogP contribution in [0.25, 0.3) is 11.1 Å². The van der Waals surface area contributed by atoms with Crippen LogP contribution >= 0.6 is 0 Å². The van der Waals surface area contributed by atoms with Gasteiger partial charge < -0.3 is 23.8 Å². The lowest BCUT2D eigenvalue weighted by Crippen LogP contribution is -2.51. The Labute approximate surface area is 267 Å². The van der Waals surface area contributed by atoms with Crippen LogP contribution in [0.5, 0.6) is 5.88 Å². The smallest absolute Gasteiger partial charge is 0.410 e. The molecule has 5 rings (SSSR count). The van der Waals surface area contributed by atoms with Gasteiger partial charge in [0.25, 0.3) is 0 Å².